The van der Waals surface area contributed by atoms with E-state index in [0.717, 1.165) is 17.9 Å². The van der Waals surface area contributed by atoms with E-state index in [9.17, 15) is 4.79 Å². The highest BCUT2D eigenvalue weighted by molar-refractivity contribution is 5.69. The monoisotopic (exact) mass is 306 g/mol. The highest BCUT2D eigenvalue weighted by Gasteiger charge is 2.30. The summed E-state index contributed by atoms with van der Waals surface area (Å²) in [5, 5.41) is 3.47. The first kappa shape index (κ1) is 16.5. The Balaban J connectivity index is 1.97. The minimum atomic E-state index is -0.456. The molecule has 22 heavy (non-hydrogen) atoms. The number of aryl methyl sites for hydroxylation is 1. The number of nitrogens with one attached hydrogen (secondary N) is 1. The maximum absolute atomic E-state index is 12.1. The van der Waals surface area contributed by atoms with Crippen LogP contribution in [0, 0.1) is 6.92 Å². The van der Waals surface area contributed by atoms with Crippen LogP contribution in [-0.2, 0) is 4.74 Å². The molecule has 0 bridgehead atoms. The normalized spacial score (nSPS) is 18.2. The van der Waals surface area contributed by atoms with Gasteiger partial charge in [0.2, 0.25) is 0 Å². The largest absolute Gasteiger partial charge is 0.495 e. The Morgan fingerprint density at radius 2 is 2.09 bits per heavy atom. The van der Waals surface area contributed by atoms with Gasteiger partial charge in [-0.2, -0.15) is 0 Å². The average Bonchev–Trinajstić information content (AvgIpc) is 2.86. The van der Waals surface area contributed by atoms with E-state index in [2.05, 4.69) is 11.4 Å². The second-order valence-corrected chi connectivity index (χ2v) is 6.76. The molecule has 0 radical (unpaired) electrons. The Morgan fingerprint density at radius 1 is 1.36 bits per heavy atom. The second-order valence-electron chi connectivity index (χ2n) is 6.76. The first-order valence-corrected chi connectivity index (χ1v) is 7.67. The quantitative estimate of drug-likeness (QED) is 0.929. The number of carbonyl (C=O) groups excluding carboxylic acids is 1. The van der Waals surface area contributed by atoms with Crippen molar-refractivity contribution < 1.29 is 14.3 Å². The summed E-state index contributed by atoms with van der Waals surface area (Å²) < 4.78 is 10.8. The van der Waals surface area contributed by atoms with Gasteiger partial charge in [-0.15, -0.1) is 0 Å². The Labute approximate surface area is 132 Å². The van der Waals surface area contributed by atoms with Gasteiger partial charge in [0.15, 0.2) is 0 Å². The smallest absolute Gasteiger partial charge is 0.410 e. The number of hydrogen-bond donors (Lipinski definition) is 1. The van der Waals surface area contributed by atoms with Crippen molar-refractivity contribution in [3.8, 4) is 5.75 Å². The van der Waals surface area contributed by atoms with Crippen LogP contribution in [0.15, 0.2) is 18.2 Å². The number of hydrogen-bond acceptors (Lipinski definition) is 4. The number of amides is 1. The molecule has 1 aromatic carbocycles. The first-order valence-electron chi connectivity index (χ1n) is 7.67. The summed E-state index contributed by atoms with van der Waals surface area (Å²) in [5.41, 5.74) is 1.69. The van der Waals surface area contributed by atoms with Gasteiger partial charge in [-0.25, -0.2) is 4.79 Å². The summed E-state index contributed by atoms with van der Waals surface area (Å²) in [6.07, 6.45) is 0.657. The number of anilines is 1. The molecule has 1 N–H and O–H groups in total. The Morgan fingerprint density at radius 3 is 2.73 bits per heavy atom. The molecule has 1 unspecified atom stereocenters. The molecule has 1 atom stereocenters. The second kappa shape index (κ2) is 6.46. The van der Waals surface area contributed by atoms with Gasteiger partial charge in [-0.1, -0.05) is 6.07 Å². The van der Waals surface area contributed by atoms with Crippen molar-refractivity contribution in [2.75, 3.05) is 25.5 Å². The summed E-state index contributed by atoms with van der Waals surface area (Å²) in [6.45, 7) is 9.05. The van der Waals surface area contributed by atoms with Crippen LogP contribution in [0.2, 0.25) is 0 Å². The fourth-order valence-corrected chi connectivity index (χ4v) is 2.52. The third-order valence-corrected chi connectivity index (χ3v) is 3.55. The lowest BCUT2D eigenvalue weighted by Crippen LogP contribution is -2.36. The lowest BCUT2D eigenvalue weighted by Gasteiger charge is -2.24. The standard InChI is InChI=1S/C17H26N2O3/c1-12-6-7-15(21-5)14(10-12)18-13-8-9-19(11-13)16(20)22-17(2,3)4/h6-7,10,13,18H,8-9,11H2,1-5H3. The maximum atomic E-state index is 12.1. The van der Waals surface area contributed by atoms with Crippen molar-refractivity contribution >= 4 is 11.8 Å². The molecule has 122 valence electrons. The van der Waals surface area contributed by atoms with Crippen LogP contribution in [0.25, 0.3) is 0 Å². The van der Waals surface area contributed by atoms with Gasteiger partial charge in [0, 0.05) is 19.1 Å². The van der Waals surface area contributed by atoms with Crippen LogP contribution < -0.4 is 10.1 Å². The van der Waals surface area contributed by atoms with E-state index in [4.69, 9.17) is 9.47 Å². The molecule has 1 aliphatic rings. The van der Waals surface area contributed by atoms with Gasteiger partial charge < -0.3 is 19.7 Å². The van der Waals surface area contributed by atoms with Gasteiger partial charge in [-0.05, 0) is 51.8 Å². The van der Waals surface area contributed by atoms with E-state index in [1.165, 1.54) is 5.56 Å². The van der Waals surface area contributed by atoms with Crippen molar-refractivity contribution in [3.05, 3.63) is 23.8 Å². The number of carbonyl (C=O) groups is 1. The molecule has 0 aromatic heterocycles. The summed E-state index contributed by atoms with van der Waals surface area (Å²) in [7, 11) is 1.66. The molecule has 1 fully saturated rings. The van der Waals surface area contributed by atoms with Crippen LogP contribution in [-0.4, -0.2) is 42.8 Å². The minimum absolute atomic E-state index is 0.211. The fraction of sp³-hybridized carbons (Fsp3) is 0.588. The molecule has 1 aromatic rings. The van der Waals surface area contributed by atoms with Crippen LogP contribution >= 0.6 is 0 Å². The lowest BCUT2D eigenvalue weighted by molar-refractivity contribution is 0.0293. The van der Waals surface area contributed by atoms with Crippen molar-refractivity contribution in [2.45, 2.75) is 45.8 Å². The maximum Gasteiger partial charge on any atom is 0.410 e. The SMILES string of the molecule is COc1ccc(C)cc1NC1CCN(C(=O)OC(C)(C)C)C1. The van der Waals surface area contributed by atoms with Crippen LogP contribution in [0.4, 0.5) is 10.5 Å². The molecule has 1 heterocycles. The molecular formula is C17H26N2O3. The number of nitrogens with zero attached hydrogens (tertiary/aromatic N) is 1. The van der Waals surface area contributed by atoms with Gasteiger partial charge in [0.1, 0.15) is 11.4 Å². The molecule has 1 saturated heterocycles. The summed E-state index contributed by atoms with van der Waals surface area (Å²) in [4.78, 5) is 13.8. The fourth-order valence-electron chi connectivity index (χ4n) is 2.52. The molecule has 0 spiro atoms. The lowest BCUT2D eigenvalue weighted by atomic mass is 10.2. The first-order chi connectivity index (χ1) is 10.3. The molecule has 1 aliphatic heterocycles. The molecule has 0 saturated carbocycles. The molecule has 1 amide bonds. The number of ether oxygens (including phenoxy) is 2. The third-order valence-electron chi connectivity index (χ3n) is 3.55. The predicted molar refractivity (Wildman–Crippen MR) is 87.6 cm³/mol. The van der Waals surface area contributed by atoms with Gasteiger partial charge in [0.25, 0.3) is 0 Å². The molecule has 5 nitrogen and oxygen atoms in total. The van der Waals surface area contributed by atoms with Crippen LogP contribution in [0.1, 0.15) is 32.8 Å². The van der Waals surface area contributed by atoms with Gasteiger partial charge >= 0.3 is 6.09 Å². The van der Waals surface area contributed by atoms with Crippen LogP contribution in [0.3, 0.4) is 0 Å². The summed E-state index contributed by atoms with van der Waals surface area (Å²) in [6, 6.07) is 6.25. The topological polar surface area (TPSA) is 50.8 Å². The van der Waals surface area contributed by atoms with E-state index in [-0.39, 0.29) is 12.1 Å². The third kappa shape index (κ3) is 4.29. The van der Waals surface area contributed by atoms with Crippen molar-refractivity contribution in [2.24, 2.45) is 0 Å². The van der Waals surface area contributed by atoms with Gasteiger partial charge in [0.05, 0.1) is 12.8 Å². The molecule has 5 heteroatoms. The molecular weight excluding hydrogens is 280 g/mol. The number of methoxy groups -OCH3 is 1. The number of rotatable bonds is 3. The summed E-state index contributed by atoms with van der Waals surface area (Å²) >= 11 is 0. The number of likely N-dealkylation sites (tertiary alicyclic amines) is 1. The average molecular weight is 306 g/mol. The van der Waals surface area contributed by atoms with E-state index >= 15 is 0 Å². The molecule has 2 rings (SSSR count). The van der Waals surface area contributed by atoms with E-state index in [0.29, 0.717) is 13.1 Å². The number of benzene rings is 1. The highest BCUT2D eigenvalue weighted by atomic mass is 16.6. The van der Waals surface area contributed by atoms with Crippen molar-refractivity contribution in [1.29, 1.82) is 0 Å². The van der Waals surface area contributed by atoms with E-state index < -0.39 is 5.60 Å². The Kier molecular flexibility index (Phi) is 4.84. The predicted octanol–water partition coefficient (Wildman–Crippen LogP) is 3.42. The minimum Gasteiger partial charge on any atom is -0.495 e. The Bertz CT molecular complexity index is 537. The zero-order valence-electron chi connectivity index (χ0n) is 14.1. The summed E-state index contributed by atoms with van der Waals surface area (Å²) in [5.74, 6) is 0.821. The van der Waals surface area contributed by atoms with Crippen molar-refractivity contribution in [1.82, 2.24) is 4.90 Å². The van der Waals surface area contributed by atoms with Crippen molar-refractivity contribution in [3.63, 3.8) is 0 Å². The van der Waals surface area contributed by atoms with Crippen LogP contribution in [0.5, 0.6) is 5.75 Å². The van der Waals surface area contributed by atoms with E-state index in [1.54, 1.807) is 12.0 Å². The zero-order valence-corrected chi connectivity index (χ0v) is 14.1. The highest BCUT2D eigenvalue weighted by Crippen LogP contribution is 2.27. The zero-order chi connectivity index (χ0) is 16.3. The van der Waals surface area contributed by atoms with Gasteiger partial charge in [-0.3, -0.25) is 0 Å². The Hall–Kier alpha value is -1.91. The molecule has 0 aliphatic carbocycles. The van der Waals surface area contributed by atoms with E-state index in [1.807, 2.05) is 39.8 Å².